The van der Waals surface area contributed by atoms with Crippen LogP contribution < -0.4 is 10.6 Å². The number of anilines is 1. The van der Waals surface area contributed by atoms with Crippen molar-refractivity contribution in [1.82, 2.24) is 10.2 Å². The highest BCUT2D eigenvalue weighted by atomic mass is 35.5. The molecule has 5 nitrogen and oxygen atoms in total. The van der Waals surface area contributed by atoms with Crippen molar-refractivity contribution in [3.63, 3.8) is 0 Å². The minimum absolute atomic E-state index is 0.319. The number of esters is 1. The first-order valence-electron chi connectivity index (χ1n) is 9.80. The van der Waals surface area contributed by atoms with Gasteiger partial charge < -0.3 is 20.3 Å². The molecule has 1 saturated heterocycles. The van der Waals surface area contributed by atoms with Crippen molar-refractivity contribution in [2.75, 3.05) is 31.6 Å². The summed E-state index contributed by atoms with van der Waals surface area (Å²) in [4.78, 5) is 14.4. The van der Waals surface area contributed by atoms with Gasteiger partial charge in [-0.1, -0.05) is 24.9 Å². The molecule has 1 atom stereocenters. The van der Waals surface area contributed by atoms with Crippen molar-refractivity contribution in [2.24, 2.45) is 0 Å². The van der Waals surface area contributed by atoms with E-state index in [9.17, 15) is 4.79 Å². The molecule has 2 N–H and O–H groups in total. The van der Waals surface area contributed by atoms with Crippen molar-refractivity contribution in [3.05, 3.63) is 28.8 Å². The van der Waals surface area contributed by atoms with Crippen molar-refractivity contribution < 1.29 is 9.53 Å². The van der Waals surface area contributed by atoms with Crippen molar-refractivity contribution in [2.45, 2.75) is 52.0 Å². The van der Waals surface area contributed by atoms with Crippen LogP contribution in [0.25, 0.3) is 0 Å². The number of carbonyl (C=O) groups is 1. The second kappa shape index (κ2) is 11.5. The summed E-state index contributed by atoms with van der Waals surface area (Å²) >= 11 is 11.5. The van der Waals surface area contributed by atoms with E-state index in [1.165, 1.54) is 32.2 Å². The van der Waals surface area contributed by atoms with Crippen LogP contribution in [0.5, 0.6) is 0 Å². The van der Waals surface area contributed by atoms with Crippen LogP contribution in [0.2, 0.25) is 5.02 Å². The first-order chi connectivity index (χ1) is 13.0. The molecule has 7 heteroatoms. The molecule has 27 heavy (non-hydrogen) atoms. The number of hydrogen-bond acceptors (Lipinski definition) is 4. The minimum atomic E-state index is -0.419. The highest BCUT2D eigenvalue weighted by Crippen LogP contribution is 2.22. The van der Waals surface area contributed by atoms with Gasteiger partial charge in [0.05, 0.1) is 17.2 Å². The van der Waals surface area contributed by atoms with E-state index in [1.807, 2.05) is 0 Å². The summed E-state index contributed by atoms with van der Waals surface area (Å²) in [5.74, 6) is -0.419. The molecule has 2 rings (SSSR count). The first-order valence-corrected chi connectivity index (χ1v) is 10.6. The molecule has 0 bridgehead atoms. The Labute approximate surface area is 172 Å². The number of ether oxygens (including phenoxy) is 1. The summed E-state index contributed by atoms with van der Waals surface area (Å²) < 4.78 is 4.97. The number of rotatable bonds is 8. The van der Waals surface area contributed by atoms with Crippen LogP contribution in [0.4, 0.5) is 5.69 Å². The van der Waals surface area contributed by atoms with E-state index < -0.39 is 5.97 Å². The highest BCUT2D eigenvalue weighted by molar-refractivity contribution is 7.80. The van der Waals surface area contributed by atoms with Gasteiger partial charge >= 0.3 is 5.97 Å². The zero-order chi connectivity index (χ0) is 19.6. The third-order valence-electron chi connectivity index (χ3n) is 4.85. The van der Waals surface area contributed by atoms with Gasteiger partial charge in [-0.05, 0) is 69.6 Å². The predicted octanol–water partition coefficient (Wildman–Crippen LogP) is 4.46. The molecule has 0 spiro atoms. The lowest BCUT2D eigenvalue weighted by Gasteiger charge is -2.35. The maximum Gasteiger partial charge on any atom is 0.339 e. The van der Waals surface area contributed by atoms with Gasteiger partial charge in [0.1, 0.15) is 0 Å². The van der Waals surface area contributed by atoms with Crippen LogP contribution in [0, 0.1) is 0 Å². The molecule has 0 radical (unpaired) electrons. The number of piperidine rings is 1. The van der Waals surface area contributed by atoms with Crippen molar-refractivity contribution >= 4 is 40.6 Å². The molecule has 1 heterocycles. The van der Waals surface area contributed by atoms with Crippen LogP contribution >= 0.6 is 23.8 Å². The van der Waals surface area contributed by atoms with Crippen LogP contribution in [0.15, 0.2) is 18.2 Å². The van der Waals surface area contributed by atoms with Gasteiger partial charge in [0, 0.05) is 24.8 Å². The maximum absolute atomic E-state index is 11.8. The lowest BCUT2D eigenvalue weighted by Crippen LogP contribution is -2.40. The standard InChI is InChI=1S/C20H30ClN3O2S/c1-3-16-8-5-6-12-24(16)13-7-11-22-20(27)23-15-9-10-17(18(21)14-15)19(25)26-4-2/h9-10,14,16H,3-8,11-13H2,1-2H3,(H2,22,23,27). The van der Waals surface area contributed by atoms with Crippen LogP contribution in [-0.4, -0.2) is 48.3 Å². The Morgan fingerprint density at radius 2 is 2.19 bits per heavy atom. The molecule has 0 amide bonds. The van der Waals surface area contributed by atoms with E-state index in [4.69, 9.17) is 28.6 Å². The second-order valence-electron chi connectivity index (χ2n) is 6.74. The van der Waals surface area contributed by atoms with Crippen molar-refractivity contribution in [1.29, 1.82) is 0 Å². The number of thiocarbonyl (C=S) groups is 1. The smallest absolute Gasteiger partial charge is 0.339 e. The number of nitrogens with one attached hydrogen (secondary N) is 2. The molecule has 1 aliphatic rings. The van der Waals surface area contributed by atoms with E-state index in [0.29, 0.717) is 22.3 Å². The normalized spacial score (nSPS) is 17.4. The molecule has 1 aromatic rings. The van der Waals surface area contributed by atoms with Crippen LogP contribution in [-0.2, 0) is 4.74 Å². The topological polar surface area (TPSA) is 53.6 Å². The maximum atomic E-state index is 11.8. The molecule has 0 saturated carbocycles. The third kappa shape index (κ3) is 6.94. The molecule has 150 valence electrons. The lowest BCUT2D eigenvalue weighted by atomic mass is 10.00. The van der Waals surface area contributed by atoms with E-state index >= 15 is 0 Å². The molecule has 1 unspecified atom stereocenters. The fourth-order valence-corrected chi connectivity index (χ4v) is 3.92. The first kappa shape index (κ1) is 21.9. The third-order valence-corrected chi connectivity index (χ3v) is 5.41. The molecular weight excluding hydrogens is 382 g/mol. The molecule has 0 aliphatic carbocycles. The summed E-state index contributed by atoms with van der Waals surface area (Å²) in [5, 5.41) is 7.25. The monoisotopic (exact) mass is 411 g/mol. The van der Waals surface area contributed by atoms with Crippen molar-refractivity contribution in [3.8, 4) is 0 Å². The quantitative estimate of drug-likeness (QED) is 0.374. The van der Waals surface area contributed by atoms with Gasteiger partial charge in [-0.2, -0.15) is 0 Å². The van der Waals surface area contributed by atoms with E-state index in [0.717, 1.165) is 31.2 Å². The Bertz CT molecular complexity index is 642. The number of likely N-dealkylation sites (tertiary alicyclic amines) is 1. The highest BCUT2D eigenvalue weighted by Gasteiger charge is 2.19. The second-order valence-corrected chi connectivity index (χ2v) is 7.56. The van der Waals surface area contributed by atoms with Gasteiger partial charge in [0.2, 0.25) is 0 Å². The fourth-order valence-electron chi connectivity index (χ4n) is 3.44. The van der Waals surface area contributed by atoms with Gasteiger partial charge in [-0.15, -0.1) is 0 Å². The number of carbonyl (C=O) groups excluding carboxylic acids is 1. The van der Waals surface area contributed by atoms with Gasteiger partial charge in [0.15, 0.2) is 5.11 Å². The fraction of sp³-hybridized carbons (Fsp3) is 0.600. The zero-order valence-corrected chi connectivity index (χ0v) is 17.8. The number of halogens is 1. The van der Waals surface area contributed by atoms with Crippen LogP contribution in [0.1, 0.15) is 56.3 Å². The summed E-state index contributed by atoms with van der Waals surface area (Å²) in [7, 11) is 0. The zero-order valence-electron chi connectivity index (χ0n) is 16.2. The van der Waals surface area contributed by atoms with Gasteiger partial charge in [0.25, 0.3) is 0 Å². The molecular formula is C20H30ClN3O2S. The molecule has 0 aromatic heterocycles. The average Bonchev–Trinajstić information content (AvgIpc) is 2.65. The Kier molecular flexibility index (Phi) is 9.31. The Balaban J connectivity index is 1.74. The molecule has 1 aromatic carbocycles. The largest absolute Gasteiger partial charge is 0.462 e. The van der Waals surface area contributed by atoms with E-state index in [1.54, 1.807) is 25.1 Å². The SMILES string of the molecule is CCOC(=O)c1ccc(NC(=S)NCCCN2CCCCC2CC)cc1Cl. The number of benzene rings is 1. The lowest BCUT2D eigenvalue weighted by molar-refractivity contribution is 0.0526. The summed E-state index contributed by atoms with van der Waals surface area (Å²) in [6, 6.07) is 5.84. The average molecular weight is 412 g/mol. The Morgan fingerprint density at radius 3 is 2.89 bits per heavy atom. The predicted molar refractivity (Wildman–Crippen MR) is 116 cm³/mol. The molecule has 1 aliphatic heterocycles. The van der Waals surface area contributed by atoms with Gasteiger partial charge in [-0.25, -0.2) is 4.79 Å². The summed E-state index contributed by atoms with van der Waals surface area (Å²) in [6.07, 6.45) is 6.29. The number of nitrogens with zero attached hydrogens (tertiary/aromatic N) is 1. The molecule has 1 fully saturated rings. The minimum Gasteiger partial charge on any atom is -0.462 e. The van der Waals surface area contributed by atoms with E-state index in [2.05, 4.69) is 22.5 Å². The Hall–Kier alpha value is -1.37. The summed E-state index contributed by atoms with van der Waals surface area (Å²) in [5.41, 5.74) is 1.10. The number of hydrogen-bond donors (Lipinski definition) is 2. The summed E-state index contributed by atoms with van der Waals surface area (Å²) in [6.45, 7) is 7.51. The van der Waals surface area contributed by atoms with Crippen LogP contribution in [0.3, 0.4) is 0 Å². The Morgan fingerprint density at radius 1 is 1.37 bits per heavy atom. The van der Waals surface area contributed by atoms with Gasteiger partial charge in [-0.3, -0.25) is 0 Å². The van der Waals surface area contributed by atoms with E-state index in [-0.39, 0.29) is 0 Å².